The number of pyridine rings is 2. The molecule has 0 aliphatic carbocycles. The van der Waals surface area contributed by atoms with Gasteiger partial charge in [0.25, 0.3) is 11.1 Å². The maximum absolute atomic E-state index is 11.2. The van der Waals surface area contributed by atoms with E-state index in [0.29, 0.717) is 5.92 Å². The number of aromatic nitrogens is 2. The first-order chi connectivity index (χ1) is 10.9. The molecule has 23 heavy (non-hydrogen) atoms. The summed E-state index contributed by atoms with van der Waals surface area (Å²) >= 11 is 0. The molecule has 0 atom stereocenters. The second-order valence-corrected chi connectivity index (χ2v) is 5.37. The van der Waals surface area contributed by atoms with E-state index in [9.17, 15) is 9.59 Å². The van der Waals surface area contributed by atoms with Crippen molar-refractivity contribution in [3.63, 3.8) is 0 Å². The van der Waals surface area contributed by atoms with E-state index in [2.05, 4.69) is 13.8 Å². The molecular weight excluding hydrogens is 288 g/mol. The first-order valence-electron chi connectivity index (χ1n) is 8.18. The molecule has 2 aromatic rings. The Balaban J connectivity index is 0.000000381. The van der Waals surface area contributed by atoms with Crippen LogP contribution in [0.1, 0.15) is 51.7 Å². The van der Waals surface area contributed by atoms with Crippen molar-refractivity contribution in [3.05, 3.63) is 68.5 Å². The number of nitrogens with zero attached hydrogens (tertiary/aromatic N) is 2. The summed E-state index contributed by atoms with van der Waals surface area (Å²) in [6.45, 7) is 10.1. The van der Waals surface area contributed by atoms with Gasteiger partial charge in [-0.2, -0.15) is 0 Å². The van der Waals surface area contributed by atoms with Crippen molar-refractivity contribution in [2.24, 2.45) is 14.1 Å². The third-order valence-corrected chi connectivity index (χ3v) is 3.38. The maximum atomic E-state index is 11.2. The Morgan fingerprint density at radius 2 is 1.61 bits per heavy atom. The third-order valence-electron chi connectivity index (χ3n) is 3.38. The standard InChI is InChI=1S/C9H13NO.C8H11NO.C2H6/c1-7(2)8-4-5-10(3)9(11)6-8;1-3-7-5-4-6-9(2)8(7)10;1-2/h4-7H,1-3H3;4-6H,3H2,1-2H3;1-2H3. The van der Waals surface area contributed by atoms with E-state index in [-0.39, 0.29) is 11.1 Å². The largest absolute Gasteiger partial charge is 0.319 e. The minimum Gasteiger partial charge on any atom is -0.319 e. The average Bonchev–Trinajstić information content (AvgIpc) is 2.55. The Morgan fingerprint density at radius 3 is 2.04 bits per heavy atom. The summed E-state index contributed by atoms with van der Waals surface area (Å²) in [7, 11) is 3.52. The lowest BCUT2D eigenvalue weighted by Gasteiger charge is -2.04. The van der Waals surface area contributed by atoms with Gasteiger partial charge in [0.15, 0.2) is 0 Å². The van der Waals surface area contributed by atoms with Crippen LogP contribution in [-0.4, -0.2) is 9.13 Å². The first-order valence-corrected chi connectivity index (χ1v) is 8.18. The second kappa shape index (κ2) is 10.6. The van der Waals surface area contributed by atoms with E-state index < -0.39 is 0 Å². The van der Waals surface area contributed by atoms with Gasteiger partial charge >= 0.3 is 0 Å². The van der Waals surface area contributed by atoms with Gasteiger partial charge < -0.3 is 9.13 Å². The smallest absolute Gasteiger partial charge is 0.253 e. The highest BCUT2D eigenvalue weighted by Gasteiger charge is 1.99. The minimum absolute atomic E-state index is 0.0659. The Hall–Kier alpha value is -2.10. The van der Waals surface area contributed by atoms with Crippen molar-refractivity contribution in [3.8, 4) is 0 Å². The summed E-state index contributed by atoms with van der Waals surface area (Å²) in [6.07, 6.45) is 4.38. The molecule has 0 aromatic carbocycles. The third kappa shape index (κ3) is 6.68. The molecular formula is C19H30N2O2. The molecule has 2 heterocycles. The number of hydrogen-bond donors (Lipinski definition) is 0. The zero-order valence-corrected chi connectivity index (χ0v) is 15.5. The van der Waals surface area contributed by atoms with Crippen LogP contribution < -0.4 is 11.1 Å². The molecule has 0 spiro atoms. The molecule has 0 saturated carbocycles. The van der Waals surface area contributed by atoms with Gasteiger partial charge in [0, 0.05) is 38.1 Å². The molecule has 128 valence electrons. The zero-order valence-electron chi connectivity index (χ0n) is 15.5. The SMILES string of the molecule is CC.CC(C)c1ccn(C)c(=O)c1.CCc1cccn(C)c1=O. The molecule has 2 aromatic heterocycles. The van der Waals surface area contributed by atoms with Gasteiger partial charge in [-0.1, -0.05) is 40.7 Å². The van der Waals surface area contributed by atoms with E-state index in [1.807, 2.05) is 39.0 Å². The van der Waals surface area contributed by atoms with E-state index in [1.54, 1.807) is 41.7 Å². The molecule has 0 radical (unpaired) electrons. The van der Waals surface area contributed by atoms with Crippen LogP contribution in [0.3, 0.4) is 0 Å². The topological polar surface area (TPSA) is 44.0 Å². The minimum atomic E-state index is 0.0659. The molecule has 4 nitrogen and oxygen atoms in total. The number of aryl methyl sites for hydroxylation is 3. The maximum Gasteiger partial charge on any atom is 0.253 e. The van der Waals surface area contributed by atoms with Gasteiger partial charge in [0.1, 0.15) is 0 Å². The van der Waals surface area contributed by atoms with Gasteiger partial charge in [-0.15, -0.1) is 0 Å². The summed E-state index contributed by atoms with van der Waals surface area (Å²) in [6, 6.07) is 7.42. The summed E-state index contributed by atoms with van der Waals surface area (Å²) < 4.78 is 3.17. The predicted octanol–water partition coefficient (Wildman–Crippen LogP) is 3.48. The molecule has 0 N–H and O–H groups in total. The van der Waals surface area contributed by atoms with E-state index in [4.69, 9.17) is 0 Å². The van der Waals surface area contributed by atoms with Crippen molar-refractivity contribution >= 4 is 0 Å². The van der Waals surface area contributed by atoms with Crippen molar-refractivity contribution in [1.82, 2.24) is 9.13 Å². The van der Waals surface area contributed by atoms with Gasteiger partial charge in [-0.25, -0.2) is 0 Å². The fourth-order valence-electron chi connectivity index (χ4n) is 1.85. The second-order valence-electron chi connectivity index (χ2n) is 5.37. The Bertz CT molecular complexity index is 697. The normalized spacial score (nSPS) is 9.57. The highest BCUT2D eigenvalue weighted by atomic mass is 16.1. The van der Waals surface area contributed by atoms with Crippen LogP contribution in [0.2, 0.25) is 0 Å². The highest BCUT2D eigenvalue weighted by molar-refractivity contribution is 5.14. The quantitative estimate of drug-likeness (QED) is 0.851. The van der Waals surface area contributed by atoms with Crippen molar-refractivity contribution in [1.29, 1.82) is 0 Å². The highest BCUT2D eigenvalue weighted by Crippen LogP contribution is 2.09. The fourth-order valence-corrected chi connectivity index (χ4v) is 1.85. The molecule has 2 rings (SSSR count). The number of hydrogen-bond acceptors (Lipinski definition) is 2. The molecule has 0 aliphatic heterocycles. The Labute approximate surface area is 139 Å². The van der Waals surface area contributed by atoms with Gasteiger partial charge in [-0.3, -0.25) is 9.59 Å². The van der Waals surface area contributed by atoms with Crippen LogP contribution in [0.5, 0.6) is 0 Å². The fraction of sp³-hybridized carbons (Fsp3) is 0.474. The first kappa shape index (κ1) is 20.9. The zero-order chi connectivity index (χ0) is 18.0. The molecule has 0 bridgehead atoms. The van der Waals surface area contributed by atoms with E-state index in [1.165, 1.54) is 0 Å². The molecule has 0 aliphatic rings. The van der Waals surface area contributed by atoms with E-state index in [0.717, 1.165) is 17.5 Å². The van der Waals surface area contributed by atoms with Crippen LogP contribution in [-0.2, 0) is 20.5 Å². The van der Waals surface area contributed by atoms with Crippen LogP contribution in [0.15, 0.2) is 46.2 Å². The van der Waals surface area contributed by atoms with Gasteiger partial charge in [0.05, 0.1) is 0 Å². The summed E-state index contributed by atoms with van der Waals surface area (Å²) in [5.74, 6) is 0.434. The van der Waals surface area contributed by atoms with Crippen molar-refractivity contribution in [2.75, 3.05) is 0 Å². The van der Waals surface area contributed by atoms with Crippen LogP contribution >= 0.6 is 0 Å². The van der Waals surface area contributed by atoms with Crippen LogP contribution in [0.4, 0.5) is 0 Å². The summed E-state index contributed by atoms with van der Waals surface area (Å²) in [5.41, 5.74) is 2.17. The lowest BCUT2D eigenvalue weighted by atomic mass is 10.1. The molecule has 0 saturated heterocycles. The predicted molar refractivity (Wildman–Crippen MR) is 98.2 cm³/mol. The van der Waals surface area contributed by atoms with Crippen LogP contribution in [0.25, 0.3) is 0 Å². The average molecular weight is 318 g/mol. The van der Waals surface area contributed by atoms with Crippen molar-refractivity contribution < 1.29 is 0 Å². The van der Waals surface area contributed by atoms with Gasteiger partial charge in [0.2, 0.25) is 0 Å². The lowest BCUT2D eigenvalue weighted by molar-refractivity contribution is 0.813. The number of rotatable bonds is 2. The molecule has 4 heteroatoms. The van der Waals surface area contributed by atoms with Crippen LogP contribution in [0, 0.1) is 0 Å². The Morgan fingerprint density at radius 1 is 1.00 bits per heavy atom. The summed E-state index contributed by atoms with van der Waals surface area (Å²) in [5, 5.41) is 0. The molecule has 0 unspecified atom stereocenters. The Kier molecular flexibility index (Phi) is 9.63. The van der Waals surface area contributed by atoms with E-state index >= 15 is 0 Å². The molecule has 0 fully saturated rings. The van der Waals surface area contributed by atoms with Crippen molar-refractivity contribution in [2.45, 2.75) is 47.0 Å². The molecule has 0 amide bonds. The monoisotopic (exact) mass is 318 g/mol. The lowest BCUT2D eigenvalue weighted by Crippen LogP contribution is -2.19. The summed E-state index contributed by atoms with van der Waals surface area (Å²) in [4.78, 5) is 22.3. The van der Waals surface area contributed by atoms with Gasteiger partial charge in [-0.05, 0) is 30.0 Å².